The van der Waals surface area contributed by atoms with Gasteiger partial charge in [0.05, 0.1) is 17.8 Å². The van der Waals surface area contributed by atoms with Crippen LogP contribution in [0.15, 0.2) is 42.7 Å². The summed E-state index contributed by atoms with van der Waals surface area (Å²) in [5.41, 5.74) is 5.88. The number of esters is 1. The Morgan fingerprint density at radius 3 is 2.71 bits per heavy atom. The zero-order valence-electron chi connectivity index (χ0n) is 11.8. The first kappa shape index (κ1) is 15.5. The molecule has 0 aliphatic heterocycles. The fourth-order valence-electron chi connectivity index (χ4n) is 2.11. The molecule has 6 heteroatoms. The first-order valence-electron chi connectivity index (χ1n) is 6.76. The molecule has 0 bridgehead atoms. The summed E-state index contributed by atoms with van der Waals surface area (Å²) in [5.74, 6) is -0.436. The zero-order chi connectivity index (χ0) is 15.3. The Morgan fingerprint density at radius 1 is 1.43 bits per heavy atom. The van der Waals surface area contributed by atoms with E-state index in [-0.39, 0.29) is 6.61 Å². The van der Waals surface area contributed by atoms with Crippen molar-refractivity contribution in [2.24, 2.45) is 5.73 Å². The van der Waals surface area contributed by atoms with Gasteiger partial charge in [-0.05, 0) is 18.9 Å². The number of aromatic nitrogens is 2. The maximum absolute atomic E-state index is 12.3. The van der Waals surface area contributed by atoms with Crippen molar-refractivity contribution in [2.45, 2.75) is 25.4 Å². The van der Waals surface area contributed by atoms with E-state index >= 15 is 0 Å². The first-order valence-corrected chi connectivity index (χ1v) is 7.13. The molecule has 2 N–H and O–H groups in total. The van der Waals surface area contributed by atoms with Crippen molar-refractivity contribution in [3.63, 3.8) is 0 Å². The van der Waals surface area contributed by atoms with E-state index in [0.29, 0.717) is 18.0 Å². The second-order valence-electron chi connectivity index (χ2n) is 4.73. The van der Waals surface area contributed by atoms with Crippen molar-refractivity contribution in [3.8, 4) is 0 Å². The minimum atomic E-state index is -1.20. The Kier molecular flexibility index (Phi) is 4.98. The lowest BCUT2D eigenvalue weighted by Gasteiger charge is -2.27. The van der Waals surface area contributed by atoms with Gasteiger partial charge in [0.15, 0.2) is 0 Å². The Balaban J connectivity index is 2.21. The number of hydrogen-bond donors (Lipinski definition) is 1. The van der Waals surface area contributed by atoms with Gasteiger partial charge in [-0.1, -0.05) is 41.9 Å². The van der Waals surface area contributed by atoms with Gasteiger partial charge in [0.2, 0.25) is 0 Å². The molecule has 0 amide bonds. The summed E-state index contributed by atoms with van der Waals surface area (Å²) in [6, 6.07) is 9.23. The van der Waals surface area contributed by atoms with Gasteiger partial charge < -0.3 is 10.5 Å². The summed E-state index contributed by atoms with van der Waals surface area (Å²) < 4.78 is 6.79. The van der Waals surface area contributed by atoms with Gasteiger partial charge in [0.25, 0.3) is 0 Å². The highest BCUT2D eigenvalue weighted by Crippen LogP contribution is 2.25. The normalized spacial score (nSPS) is 13.7. The van der Waals surface area contributed by atoms with Crippen LogP contribution in [0, 0.1) is 0 Å². The molecule has 1 unspecified atom stereocenters. The smallest absolute Gasteiger partial charge is 0.330 e. The molecule has 1 aromatic carbocycles. The molecule has 1 atom stereocenters. The van der Waals surface area contributed by atoms with E-state index in [9.17, 15) is 4.79 Å². The molecular weight excluding hydrogens is 290 g/mol. The molecule has 1 heterocycles. The number of nitrogens with two attached hydrogens (primary N) is 1. The standard InChI is InChI=1S/C15H18ClN3O2/c1-2-21-14(20)15(17,12-6-4-3-5-7-12)8-9-19-11-13(16)10-18-19/h3-7,10-11H,2,8-9,17H2,1H3. The van der Waals surface area contributed by atoms with Crippen LogP contribution in [0.5, 0.6) is 0 Å². The predicted octanol–water partition coefficient (Wildman–Crippen LogP) is 2.34. The van der Waals surface area contributed by atoms with Crippen LogP contribution in [0.1, 0.15) is 18.9 Å². The van der Waals surface area contributed by atoms with Gasteiger partial charge in [0, 0.05) is 12.7 Å². The Labute approximate surface area is 128 Å². The molecule has 0 aliphatic rings. The van der Waals surface area contributed by atoms with Gasteiger partial charge >= 0.3 is 5.97 Å². The van der Waals surface area contributed by atoms with E-state index < -0.39 is 11.5 Å². The molecule has 0 radical (unpaired) electrons. The highest BCUT2D eigenvalue weighted by Gasteiger charge is 2.37. The molecule has 2 aromatic rings. The quantitative estimate of drug-likeness (QED) is 0.832. The largest absolute Gasteiger partial charge is 0.464 e. The minimum Gasteiger partial charge on any atom is -0.464 e. The number of benzene rings is 1. The molecule has 0 saturated heterocycles. The number of aryl methyl sites for hydroxylation is 1. The third-order valence-corrected chi connectivity index (χ3v) is 3.46. The summed E-state index contributed by atoms with van der Waals surface area (Å²) in [4.78, 5) is 12.3. The summed E-state index contributed by atoms with van der Waals surface area (Å²) in [5, 5.41) is 4.64. The third-order valence-electron chi connectivity index (χ3n) is 3.27. The molecule has 2 rings (SSSR count). The minimum absolute atomic E-state index is 0.290. The fraction of sp³-hybridized carbons (Fsp3) is 0.333. The number of hydrogen-bond acceptors (Lipinski definition) is 4. The van der Waals surface area contributed by atoms with Crippen molar-refractivity contribution >= 4 is 17.6 Å². The third kappa shape index (κ3) is 3.62. The number of ether oxygens (including phenoxy) is 1. The van der Waals surface area contributed by atoms with Crippen molar-refractivity contribution in [1.29, 1.82) is 0 Å². The molecule has 112 valence electrons. The van der Waals surface area contributed by atoms with E-state index in [1.807, 2.05) is 30.3 Å². The van der Waals surface area contributed by atoms with Crippen molar-refractivity contribution in [1.82, 2.24) is 9.78 Å². The lowest BCUT2D eigenvalue weighted by molar-refractivity contribution is -0.150. The average Bonchev–Trinajstić information content (AvgIpc) is 2.91. The molecule has 1 aromatic heterocycles. The summed E-state index contributed by atoms with van der Waals surface area (Å²) >= 11 is 5.83. The summed E-state index contributed by atoms with van der Waals surface area (Å²) in [7, 11) is 0. The van der Waals surface area contributed by atoms with Crippen LogP contribution in [0.3, 0.4) is 0 Å². The van der Waals surface area contributed by atoms with Gasteiger partial charge in [-0.15, -0.1) is 0 Å². The van der Waals surface area contributed by atoms with E-state index in [1.165, 1.54) is 0 Å². The average molecular weight is 308 g/mol. The SMILES string of the molecule is CCOC(=O)C(N)(CCn1cc(Cl)cn1)c1ccccc1. The molecule has 0 aliphatic carbocycles. The predicted molar refractivity (Wildman–Crippen MR) is 80.8 cm³/mol. The molecular formula is C15H18ClN3O2. The molecule has 5 nitrogen and oxygen atoms in total. The maximum Gasteiger partial charge on any atom is 0.330 e. The fourth-order valence-corrected chi connectivity index (χ4v) is 2.27. The highest BCUT2D eigenvalue weighted by atomic mass is 35.5. The van der Waals surface area contributed by atoms with E-state index in [4.69, 9.17) is 22.1 Å². The summed E-state index contributed by atoms with van der Waals surface area (Å²) in [6.07, 6.45) is 3.61. The van der Waals surface area contributed by atoms with Crippen LogP contribution in [0.4, 0.5) is 0 Å². The number of rotatable bonds is 6. The van der Waals surface area contributed by atoms with Crippen LogP contribution in [-0.2, 0) is 21.6 Å². The first-order chi connectivity index (χ1) is 10.1. The van der Waals surface area contributed by atoms with Gasteiger partial charge in [-0.3, -0.25) is 4.68 Å². The highest BCUT2D eigenvalue weighted by molar-refractivity contribution is 6.30. The van der Waals surface area contributed by atoms with Crippen LogP contribution < -0.4 is 5.73 Å². The van der Waals surface area contributed by atoms with Crippen molar-refractivity contribution in [3.05, 3.63) is 53.3 Å². The van der Waals surface area contributed by atoms with Crippen LogP contribution >= 0.6 is 11.6 Å². The van der Waals surface area contributed by atoms with Gasteiger partial charge in [-0.2, -0.15) is 5.10 Å². The summed E-state index contributed by atoms with van der Waals surface area (Å²) in [6.45, 7) is 2.52. The lowest BCUT2D eigenvalue weighted by Crippen LogP contribution is -2.47. The van der Waals surface area contributed by atoms with E-state index in [2.05, 4.69) is 5.10 Å². The second-order valence-corrected chi connectivity index (χ2v) is 5.17. The second kappa shape index (κ2) is 6.74. The lowest BCUT2D eigenvalue weighted by atomic mass is 9.87. The monoisotopic (exact) mass is 307 g/mol. The van der Waals surface area contributed by atoms with Crippen molar-refractivity contribution in [2.75, 3.05) is 6.61 Å². The van der Waals surface area contributed by atoms with Crippen molar-refractivity contribution < 1.29 is 9.53 Å². The Hall–Kier alpha value is -1.85. The number of halogens is 1. The van der Waals surface area contributed by atoms with E-state index in [1.54, 1.807) is 24.0 Å². The van der Waals surface area contributed by atoms with Gasteiger partial charge in [-0.25, -0.2) is 4.79 Å². The van der Waals surface area contributed by atoms with Gasteiger partial charge in [0.1, 0.15) is 5.54 Å². The Bertz CT molecular complexity index is 600. The van der Waals surface area contributed by atoms with Crippen LogP contribution in [-0.4, -0.2) is 22.4 Å². The van der Waals surface area contributed by atoms with Crippen LogP contribution in [0.25, 0.3) is 0 Å². The van der Waals surface area contributed by atoms with Crippen LogP contribution in [0.2, 0.25) is 5.02 Å². The van der Waals surface area contributed by atoms with E-state index in [0.717, 1.165) is 5.56 Å². The number of carbonyl (C=O) groups is 1. The number of carbonyl (C=O) groups excluding carboxylic acids is 1. The molecule has 0 saturated carbocycles. The maximum atomic E-state index is 12.3. The Morgan fingerprint density at radius 2 is 2.14 bits per heavy atom. The molecule has 21 heavy (non-hydrogen) atoms. The topological polar surface area (TPSA) is 70.1 Å². The zero-order valence-corrected chi connectivity index (χ0v) is 12.6. The molecule has 0 spiro atoms. The number of nitrogens with zero attached hydrogens (tertiary/aromatic N) is 2. The molecule has 0 fully saturated rings.